The minimum atomic E-state index is -3.48. The molecule has 0 fully saturated rings. The van der Waals surface area contributed by atoms with Gasteiger partial charge in [0.15, 0.2) is 0 Å². The molecule has 0 saturated heterocycles. The summed E-state index contributed by atoms with van der Waals surface area (Å²) in [5.41, 5.74) is 2.89. The number of nitrogens with zero attached hydrogens (tertiary/aromatic N) is 1. The first-order valence-electron chi connectivity index (χ1n) is 7.15. The normalized spacial score (nSPS) is 12.0. The number of hydrogen-bond acceptors (Lipinski definition) is 3. The van der Waals surface area contributed by atoms with Gasteiger partial charge in [0.1, 0.15) is 5.78 Å². The van der Waals surface area contributed by atoms with Crippen molar-refractivity contribution in [3.63, 3.8) is 0 Å². The van der Waals surface area contributed by atoms with Crippen LogP contribution in [-0.4, -0.2) is 27.0 Å². The summed E-state index contributed by atoms with van der Waals surface area (Å²) < 4.78 is 25.1. The fraction of sp³-hybridized carbons (Fsp3) is 0.562. The van der Waals surface area contributed by atoms with Gasteiger partial charge in [0.25, 0.3) is 0 Å². The Bertz CT molecular complexity index is 618. The van der Waals surface area contributed by atoms with Gasteiger partial charge in [0.05, 0.1) is 18.5 Å². The Labute approximate surface area is 128 Å². The quantitative estimate of drug-likeness (QED) is 0.810. The highest BCUT2D eigenvalue weighted by Gasteiger charge is 2.21. The van der Waals surface area contributed by atoms with Gasteiger partial charge in [-0.3, -0.25) is 9.10 Å². The smallest absolute Gasteiger partial charge is 0.232 e. The number of carbonyl (C=O) groups excluding carboxylic acids is 1. The van der Waals surface area contributed by atoms with E-state index in [9.17, 15) is 13.2 Å². The molecule has 0 unspecified atom stereocenters. The number of benzene rings is 1. The monoisotopic (exact) mass is 311 g/mol. The molecule has 0 N–H and O–H groups in total. The summed E-state index contributed by atoms with van der Waals surface area (Å²) in [6, 6.07) is 5.64. The first-order valence-corrected chi connectivity index (χ1v) is 8.99. The second-order valence-corrected chi connectivity index (χ2v) is 8.00. The lowest BCUT2D eigenvalue weighted by Gasteiger charge is -2.24. The van der Waals surface area contributed by atoms with Crippen LogP contribution < -0.4 is 4.31 Å². The Hall–Kier alpha value is -1.36. The van der Waals surface area contributed by atoms with Gasteiger partial charge in [-0.1, -0.05) is 33.8 Å². The van der Waals surface area contributed by atoms with Crippen molar-refractivity contribution in [2.75, 3.05) is 17.1 Å². The predicted octanol–water partition coefficient (Wildman–Crippen LogP) is 3.29. The third-order valence-electron chi connectivity index (χ3n) is 3.37. The number of anilines is 1. The molecule has 1 aromatic rings. The molecule has 0 aliphatic heterocycles. The molecule has 0 amide bonds. The molecule has 0 spiro atoms. The molecule has 21 heavy (non-hydrogen) atoms. The van der Waals surface area contributed by atoms with Crippen LogP contribution in [0.2, 0.25) is 0 Å². The van der Waals surface area contributed by atoms with Crippen molar-refractivity contribution < 1.29 is 13.2 Å². The second kappa shape index (κ2) is 6.60. The van der Waals surface area contributed by atoms with E-state index in [4.69, 9.17) is 0 Å². The van der Waals surface area contributed by atoms with Gasteiger partial charge in [-0.2, -0.15) is 0 Å². The Kier molecular flexibility index (Phi) is 5.56. The molecule has 0 saturated carbocycles. The van der Waals surface area contributed by atoms with Gasteiger partial charge in [-0.15, -0.1) is 0 Å². The number of rotatable bonds is 6. The van der Waals surface area contributed by atoms with Gasteiger partial charge in [-0.05, 0) is 42.0 Å². The van der Waals surface area contributed by atoms with Crippen LogP contribution in [0.3, 0.4) is 0 Å². The van der Waals surface area contributed by atoms with Crippen LogP contribution in [0.15, 0.2) is 18.2 Å². The average molecular weight is 311 g/mol. The first-order chi connectivity index (χ1) is 9.54. The van der Waals surface area contributed by atoms with Gasteiger partial charge in [0.2, 0.25) is 10.0 Å². The maximum absolute atomic E-state index is 11.9. The zero-order valence-electron chi connectivity index (χ0n) is 13.7. The minimum Gasteiger partial charge on any atom is -0.298 e. The maximum Gasteiger partial charge on any atom is 0.232 e. The highest BCUT2D eigenvalue weighted by atomic mass is 32.2. The van der Waals surface area contributed by atoms with Crippen molar-refractivity contribution in [3.8, 4) is 0 Å². The molecule has 4 nitrogen and oxygen atoms in total. The number of ketones is 1. The van der Waals surface area contributed by atoms with Gasteiger partial charge in [0, 0.05) is 0 Å². The van der Waals surface area contributed by atoms with Gasteiger partial charge in [-0.25, -0.2) is 8.42 Å². The molecule has 0 aliphatic rings. The largest absolute Gasteiger partial charge is 0.298 e. The molecule has 1 rings (SSSR count). The molecule has 0 aliphatic carbocycles. The molecule has 0 heterocycles. The molecule has 5 heteroatoms. The molecule has 0 bridgehead atoms. The lowest BCUT2D eigenvalue weighted by atomic mass is 9.90. The van der Waals surface area contributed by atoms with Crippen LogP contribution in [0.4, 0.5) is 5.69 Å². The highest BCUT2D eigenvalue weighted by molar-refractivity contribution is 7.92. The van der Waals surface area contributed by atoms with Crippen molar-refractivity contribution >= 4 is 21.5 Å². The summed E-state index contributed by atoms with van der Waals surface area (Å²) in [6.45, 7) is 9.67. The average Bonchev–Trinajstić information content (AvgIpc) is 2.33. The van der Waals surface area contributed by atoms with E-state index < -0.39 is 10.0 Å². The zero-order valence-corrected chi connectivity index (χ0v) is 14.5. The highest BCUT2D eigenvalue weighted by Crippen LogP contribution is 2.31. The van der Waals surface area contributed by atoms with Gasteiger partial charge >= 0.3 is 0 Å². The number of Topliss-reactive ketones (excluding diaryl/α,β-unsaturated/α-hetero) is 1. The minimum absolute atomic E-state index is 0.128. The number of sulfonamides is 1. The second-order valence-electron chi connectivity index (χ2n) is 6.09. The summed E-state index contributed by atoms with van der Waals surface area (Å²) in [5, 5.41) is 0. The van der Waals surface area contributed by atoms with E-state index in [1.807, 2.05) is 12.1 Å². The van der Waals surface area contributed by atoms with E-state index in [1.165, 1.54) is 16.8 Å². The Morgan fingerprint density at radius 3 is 2.00 bits per heavy atom. The molecular weight excluding hydrogens is 286 g/mol. The van der Waals surface area contributed by atoms with E-state index in [-0.39, 0.29) is 12.3 Å². The predicted molar refractivity (Wildman–Crippen MR) is 87.5 cm³/mol. The van der Waals surface area contributed by atoms with E-state index in [2.05, 4.69) is 27.7 Å². The standard InChI is InChI=1S/C16H25NO3S/c1-11(2)15-8-7-14(9-16(15)12(3)4)17(10-13(5)18)21(6,19)20/h7-9,11-12H,10H2,1-6H3. The lowest BCUT2D eigenvalue weighted by Crippen LogP contribution is -2.34. The molecule has 1 aromatic carbocycles. The summed E-state index contributed by atoms with van der Waals surface area (Å²) in [6.07, 6.45) is 1.13. The van der Waals surface area contributed by atoms with Crippen molar-refractivity contribution in [2.24, 2.45) is 0 Å². The van der Waals surface area contributed by atoms with Crippen molar-refractivity contribution in [2.45, 2.75) is 46.5 Å². The number of hydrogen-bond donors (Lipinski definition) is 0. The van der Waals surface area contributed by atoms with Crippen LogP contribution in [0, 0.1) is 0 Å². The summed E-state index contributed by atoms with van der Waals surface area (Å²) in [4.78, 5) is 11.4. The van der Waals surface area contributed by atoms with E-state index >= 15 is 0 Å². The lowest BCUT2D eigenvalue weighted by molar-refractivity contribution is -0.115. The summed E-state index contributed by atoms with van der Waals surface area (Å²) in [5.74, 6) is 0.483. The summed E-state index contributed by atoms with van der Waals surface area (Å²) in [7, 11) is -3.48. The third kappa shape index (κ3) is 4.56. The molecule has 0 radical (unpaired) electrons. The molecule has 0 atom stereocenters. The SMILES string of the molecule is CC(=O)CN(c1ccc(C(C)C)c(C(C)C)c1)S(C)(=O)=O. The Morgan fingerprint density at radius 1 is 1.10 bits per heavy atom. The zero-order chi connectivity index (χ0) is 16.4. The molecule has 118 valence electrons. The van der Waals surface area contributed by atoms with Crippen molar-refractivity contribution in [1.82, 2.24) is 0 Å². The van der Waals surface area contributed by atoms with E-state index in [0.29, 0.717) is 17.5 Å². The van der Waals surface area contributed by atoms with Crippen LogP contribution in [0.1, 0.15) is 57.6 Å². The number of carbonyl (C=O) groups is 1. The van der Waals surface area contributed by atoms with Crippen LogP contribution in [0.5, 0.6) is 0 Å². The maximum atomic E-state index is 11.9. The molecular formula is C16H25NO3S. The molecule has 0 aromatic heterocycles. The van der Waals surface area contributed by atoms with Crippen molar-refractivity contribution in [1.29, 1.82) is 0 Å². The fourth-order valence-electron chi connectivity index (χ4n) is 2.35. The third-order valence-corrected chi connectivity index (χ3v) is 4.51. The Morgan fingerprint density at radius 2 is 1.62 bits per heavy atom. The topological polar surface area (TPSA) is 54.5 Å². The van der Waals surface area contributed by atoms with Crippen LogP contribution >= 0.6 is 0 Å². The van der Waals surface area contributed by atoms with Crippen LogP contribution in [-0.2, 0) is 14.8 Å². The van der Waals surface area contributed by atoms with E-state index in [0.717, 1.165) is 11.8 Å². The van der Waals surface area contributed by atoms with E-state index in [1.54, 1.807) is 6.07 Å². The summed E-state index contributed by atoms with van der Waals surface area (Å²) >= 11 is 0. The Balaban J connectivity index is 3.40. The van der Waals surface area contributed by atoms with Crippen molar-refractivity contribution in [3.05, 3.63) is 29.3 Å². The first kappa shape index (κ1) is 17.7. The van der Waals surface area contributed by atoms with Gasteiger partial charge < -0.3 is 0 Å². The fourth-order valence-corrected chi connectivity index (χ4v) is 3.26. The van der Waals surface area contributed by atoms with Crippen LogP contribution in [0.25, 0.3) is 0 Å².